The van der Waals surface area contributed by atoms with E-state index in [1.165, 1.54) is 12.8 Å². The van der Waals surface area contributed by atoms with Crippen LogP contribution in [0.3, 0.4) is 0 Å². The maximum atomic E-state index is 6.02. The summed E-state index contributed by atoms with van der Waals surface area (Å²) in [7, 11) is 1.88. The minimum atomic E-state index is 0.517. The molecule has 4 rings (SSSR count). The molecule has 1 saturated carbocycles. The van der Waals surface area contributed by atoms with E-state index in [4.69, 9.17) is 9.40 Å². The molecule has 0 spiro atoms. The molecule has 0 saturated heterocycles. The Morgan fingerprint density at radius 1 is 1.19 bits per heavy atom. The SMILES string of the molecule is CNc1cc(-c2cc3cccc(C)c3o2)nc(C2CC2)n1. The first kappa shape index (κ1) is 12.4. The van der Waals surface area contributed by atoms with Gasteiger partial charge in [0.15, 0.2) is 5.76 Å². The first-order valence-corrected chi connectivity index (χ1v) is 7.31. The summed E-state index contributed by atoms with van der Waals surface area (Å²) in [6.07, 6.45) is 2.37. The van der Waals surface area contributed by atoms with Crippen LogP contribution in [0.4, 0.5) is 5.82 Å². The van der Waals surface area contributed by atoms with E-state index in [9.17, 15) is 0 Å². The summed E-state index contributed by atoms with van der Waals surface area (Å²) in [5, 5.41) is 4.23. The lowest BCUT2D eigenvalue weighted by molar-refractivity contribution is 0.625. The van der Waals surface area contributed by atoms with Crippen LogP contribution in [0.1, 0.15) is 30.1 Å². The number of aryl methyl sites for hydroxylation is 1. The van der Waals surface area contributed by atoms with Crippen LogP contribution in [-0.4, -0.2) is 17.0 Å². The van der Waals surface area contributed by atoms with E-state index in [-0.39, 0.29) is 0 Å². The number of benzene rings is 1. The van der Waals surface area contributed by atoms with Gasteiger partial charge in [-0.25, -0.2) is 9.97 Å². The summed E-state index contributed by atoms with van der Waals surface area (Å²) in [5.41, 5.74) is 2.93. The van der Waals surface area contributed by atoms with Gasteiger partial charge in [0.25, 0.3) is 0 Å². The van der Waals surface area contributed by atoms with Gasteiger partial charge in [0.05, 0.1) is 0 Å². The molecule has 106 valence electrons. The van der Waals surface area contributed by atoms with Crippen molar-refractivity contribution in [3.8, 4) is 11.5 Å². The van der Waals surface area contributed by atoms with Gasteiger partial charge >= 0.3 is 0 Å². The molecule has 0 unspecified atom stereocenters. The number of para-hydroxylation sites is 1. The molecule has 0 atom stereocenters. The van der Waals surface area contributed by atoms with Crippen molar-refractivity contribution in [3.05, 3.63) is 41.7 Å². The first-order chi connectivity index (χ1) is 10.2. The molecule has 21 heavy (non-hydrogen) atoms. The molecule has 2 aromatic heterocycles. The maximum absolute atomic E-state index is 6.02. The predicted molar refractivity (Wildman–Crippen MR) is 83.5 cm³/mol. The topological polar surface area (TPSA) is 51.0 Å². The highest BCUT2D eigenvalue weighted by Crippen LogP contribution is 2.39. The lowest BCUT2D eigenvalue weighted by Gasteiger charge is -2.05. The summed E-state index contributed by atoms with van der Waals surface area (Å²) >= 11 is 0. The Morgan fingerprint density at radius 3 is 2.76 bits per heavy atom. The van der Waals surface area contributed by atoms with Crippen molar-refractivity contribution in [1.82, 2.24) is 9.97 Å². The Balaban J connectivity index is 1.87. The zero-order valence-corrected chi connectivity index (χ0v) is 12.2. The highest BCUT2D eigenvalue weighted by Gasteiger charge is 2.27. The third-order valence-corrected chi connectivity index (χ3v) is 3.94. The molecule has 0 amide bonds. The minimum Gasteiger partial charge on any atom is -0.454 e. The van der Waals surface area contributed by atoms with Crippen LogP contribution in [0.25, 0.3) is 22.4 Å². The molecule has 0 radical (unpaired) electrons. The van der Waals surface area contributed by atoms with Crippen LogP contribution in [0.2, 0.25) is 0 Å². The fourth-order valence-electron chi connectivity index (χ4n) is 2.58. The summed E-state index contributed by atoms with van der Waals surface area (Å²) < 4.78 is 6.02. The second-order valence-electron chi connectivity index (χ2n) is 5.62. The molecule has 0 bridgehead atoms. The number of anilines is 1. The van der Waals surface area contributed by atoms with Gasteiger partial charge in [-0.1, -0.05) is 18.2 Å². The van der Waals surface area contributed by atoms with E-state index < -0.39 is 0 Å². The van der Waals surface area contributed by atoms with Gasteiger partial charge in [-0.2, -0.15) is 0 Å². The molecule has 1 aliphatic carbocycles. The number of nitrogens with zero attached hydrogens (tertiary/aromatic N) is 2. The molecule has 1 aromatic carbocycles. The number of hydrogen-bond acceptors (Lipinski definition) is 4. The standard InChI is InChI=1S/C17H17N3O/c1-10-4-3-5-12-8-14(21-16(10)12)13-9-15(18-2)20-17(19-13)11-6-7-11/h3-5,8-9,11H,6-7H2,1-2H3,(H,18,19,20). The van der Waals surface area contributed by atoms with Crippen LogP contribution < -0.4 is 5.32 Å². The fourth-order valence-corrected chi connectivity index (χ4v) is 2.58. The van der Waals surface area contributed by atoms with E-state index in [1.54, 1.807) is 0 Å². The van der Waals surface area contributed by atoms with Crippen LogP contribution in [0.15, 0.2) is 34.7 Å². The first-order valence-electron chi connectivity index (χ1n) is 7.31. The van der Waals surface area contributed by atoms with E-state index in [0.717, 1.165) is 39.6 Å². The zero-order chi connectivity index (χ0) is 14.4. The third kappa shape index (κ3) is 2.17. The third-order valence-electron chi connectivity index (χ3n) is 3.94. The number of nitrogens with one attached hydrogen (secondary N) is 1. The molecule has 1 aliphatic rings. The Labute approximate surface area is 123 Å². The second kappa shape index (κ2) is 4.58. The van der Waals surface area contributed by atoms with Gasteiger partial charge in [0, 0.05) is 24.4 Å². The highest BCUT2D eigenvalue weighted by atomic mass is 16.3. The van der Waals surface area contributed by atoms with E-state index >= 15 is 0 Å². The molecule has 1 N–H and O–H groups in total. The average Bonchev–Trinajstić information content (AvgIpc) is 3.26. The van der Waals surface area contributed by atoms with E-state index in [0.29, 0.717) is 5.92 Å². The predicted octanol–water partition coefficient (Wildman–Crippen LogP) is 4.12. The van der Waals surface area contributed by atoms with Crippen molar-refractivity contribution >= 4 is 16.8 Å². The van der Waals surface area contributed by atoms with Crippen molar-refractivity contribution in [1.29, 1.82) is 0 Å². The molecule has 0 aliphatic heterocycles. The number of aromatic nitrogens is 2. The highest BCUT2D eigenvalue weighted by molar-refractivity contribution is 5.84. The van der Waals surface area contributed by atoms with Crippen molar-refractivity contribution in [3.63, 3.8) is 0 Å². The zero-order valence-electron chi connectivity index (χ0n) is 12.2. The van der Waals surface area contributed by atoms with Crippen LogP contribution in [-0.2, 0) is 0 Å². The molecular weight excluding hydrogens is 262 g/mol. The van der Waals surface area contributed by atoms with Crippen LogP contribution in [0.5, 0.6) is 0 Å². The van der Waals surface area contributed by atoms with Crippen molar-refractivity contribution < 1.29 is 4.42 Å². The average molecular weight is 279 g/mol. The molecule has 2 heterocycles. The summed E-state index contributed by atoms with van der Waals surface area (Å²) in [5.74, 6) is 3.09. The van der Waals surface area contributed by atoms with Gasteiger partial charge in [0.2, 0.25) is 0 Å². The lowest BCUT2D eigenvalue weighted by Crippen LogP contribution is -2.00. The van der Waals surface area contributed by atoms with Crippen molar-refractivity contribution in [2.75, 3.05) is 12.4 Å². The summed E-state index contributed by atoms with van der Waals surface area (Å²) in [6.45, 7) is 2.06. The normalized spacial score (nSPS) is 14.6. The maximum Gasteiger partial charge on any atom is 0.154 e. The number of fused-ring (bicyclic) bond motifs is 1. The molecule has 3 aromatic rings. The fraction of sp³-hybridized carbons (Fsp3) is 0.294. The Bertz CT molecular complexity index is 818. The van der Waals surface area contributed by atoms with E-state index in [2.05, 4.69) is 35.4 Å². The van der Waals surface area contributed by atoms with Gasteiger partial charge in [-0.05, 0) is 31.4 Å². The smallest absolute Gasteiger partial charge is 0.154 e. The molecular formula is C17H17N3O. The largest absolute Gasteiger partial charge is 0.454 e. The molecule has 4 heteroatoms. The van der Waals surface area contributed by atoms with Gasteiger partial charge in [-0.3, -0.25) is 0 Å². The summed E-state index contributed by atoms with van der Waals surface area (Å²) in [4.78, 5) is 9.24. The van der Waals surface area contributed by atoms with Gasteiger partial charge in [0.1, 0.15) is 22.9 Å². The Hall–Kier alpha value is -2.36. The van der Waals surface area contributed by atoms with Crippen molar-refractivity contribution in [2.24, 2.45) is 0 Å². The summed E-state index contributed by atoms with van der Waals surface area (Å²) in [6, 6.07) is 10.2. The van der Waals surface area contributed by atoms with Crippen LogP contribution >= 0.6 is 0 Å². The number of rotatable bonds is 3. The van der Waals surface area contributed by atoms with Gasteiger partial charge in [-0.15, -0.1) is 0 Å². The minimum absolute atomic E-state index is 0.517. The molecule has 4 nitrogen and oxygen atoms in total. The Kier molecular flexibility index (Phi) is 2.70. The number of hydrogen-bond donors (Lipinski definition) is 1. The number of furan rings is 1. The van der Waals surface area contributed by atoms with Crippen LogP contribution in [0, 0.1) is 6.92 Å². The van der Waals surface area contributed by atoms with E-state index in [1.807, 2.05) is 19.2 Å². The lowest BCUT2D eigenvalue weighted by atomic mass is 10.2. The quantitative estimate of drug-likeness (QED) is 0.783. The second-order valence-corrected chi connectivity index (χ2v) is 5.62. The monoisotopic (exact) mass is 279 g/mol. The Morgan fingerprint density at radius 2 is 2.05 bits per heavy atom. The van der Waals surface area contributed by atoms with Crippen molar-refractivity contribution in [2.45, 2.75) is 25.7 Å². The molecule has 1 fully saturated rings. The van der Waals surface area contributed by atoms with Gasteiger partial charge < -0.3 is 9.73 Å².